The Kier molecular flexibility index (Phi) is 18.6. The molecular weight excluding hydrogens is 358 g/mol. The van der Waals surface area contributed by atoms with E-state index in [2.05, 4.69) is 5.32 Å². The van der Waals surface area contributed by atoms with Gasteiger partial charge in [-0.1, -0.05) is 0 Å². The van der Waals surface area contributed by atoms with E-state index in [1.807, 2.05) is 0 Å². The second kappa shape index (κ2) is 14.2. The maximum atomic E-state index is 11.3. The van der Waals surface area contributed by atoms with E-state index >= 15 is 0 Å². The summed E-state index contributed by atoms with van der Waals surface area (Å²) >= 11 is 0. The molecule has 10 nitrogen and oxygen atoms in total. The molecule has 0 fully saturated rings. The van der Waals surface area contributed by atoms with Crippen LogP contribution in [0.1, 0.15) is 12.8 Å². The Morgan fingerprint density at radius 3 is 1.91 bits per heavy atom. The molecule has 0 aliphatic heterocycles. The number of nitrogens with one attached hydrogen (secondary N) is 1. The zero-order valence-corrected chi connectivity index (χ0v) is 18.7. The van der Waals surface area contributed by atoms with Crippen molar-refractivity contribution in [1.82, 2.24) is 10.2 Å². The van der Waals surface area contributed by atoms with E-state index in [0.29, 0.717) is 13.1 Å². The summed E-state index contributed by atoms with van der Waals surface area (Å²) in [6, 6.07) is 0. The molecule has 0 aromatic rings. The number of nitrogens with two attached hydrogens (primary N) is 1. The molecule has 0 bridgehead atoms. The van der Waals surface area contributed by atoms with Gasteiger partial charge in [-0.15, -0.1) is 0 Å². The van der Waals surface area contributed by atoms with E-state index in [1.165, 1.54) is 0 Å². The third-order valence-corrected chi connectivity index (χ3v) is 3.65. The smallest absolute Gasteiger partial charge is 0.631 e. The van der Waals surface area contributed by atoms with Crippen molar-refractivity contribution in [3.8, 4) is 0 Å². The van der Waals surface area contributed by atoms with Crippen LogP contribution < -0.4 is 80.0 Å². The Hall–Kier alpha value is 2.01. The van der Waals surface area contributed by atoms with Gasteiger partial charge in [0.25, 0.3) is 0 Å². The van der Waals surface area contributed by atoms with Crippen molar-refractivity contribution < 1.29 is 93.3 Å². The first kappa shape index (κ1) is 28.8. The maximum Gasteiger partial charge on any atom is 1.00 e. The summed E-state index contributed by atoms with van der Waals surface area (Å²) in [5.74, 6) is -0.275. The monoisotopic (exact) mass is 379 g/mol. The number of nitrogens with zero attached hydrogens (tertiary/aromatic N) is 1. The van der Waals surface area contributed by atoms with Gasteiger partial charge in [0.15, 0.2) is 12.6 Å². The molecule has 0 aromatic heterocycles. The first-order valence-electron chi connectivity index (χ1n) is 5.82. The van der Waals surface area contributed by atoms with E-state index in [4.69, 9.17) is 25.3 Å². The molecule has 0 aromatic carbocycles. The molecule has 0 saturated heterocycles. The standard InChI is InChI=1S/C8H21N3O7P2.2Na/c9-3-4-10-8(12)2-1-5-11(6-19(13,14)15)7-20(16,17)18;;/h1-7,9H2,(H,10,12)(H2,13,14,15)(H2,16,17,18);;/q;2*+1. The van der Waals surface area contributed by atoms with Gasteiger partial charge in [-0.25, -0.2) is 24.5 Å². The van der Waals surface area contributed by atoms with Crippen molar-refractivity contribution in [1.29, 1.82) is 0 Å². The minimum Gasteiger partial charge on any atom is -0.631 e. The molecule has 7 N–H and O–H groups in total. The molecule has 0 radical (unpaired) electrons. The van der Waals surface area contributed by atoms with Crippen LogP contribution in [0.25, 0.3) is 0 Å². The average molecular weight is 379 g/mol. The van der Waals surface area contributed by atoms with Gasteiger partial charge in [-0.05, 0) is 6.42 Å². The summed E-state index contributed by atoms with van der Waals surface area (Å²) in [6.07, 6.45) is -1.22. The summed E-state index contributed by atoms with van der Waals surface area (Å²) < 4.78 is 0. The summed E-state index contributed by atoms with van der Waals surface area (Å²) in [4.78, 5) is 69.3. The van der Waals surface area contributed by atoms with Crippen LogP contribution in [0.15, 0.2) is 0 Å². The van der Waals surface area contributed by atoms with Crippen LogP contribution >= 0.6 is 15.9 Å². The van der Waals surface area contributed by atoms with Crippen LogP contribution in [0.2, 0.25) is 0 Å². The van der Waals surface area contributed by atoms with Crippen LogP contribution in [0.3, 0.4) is 0 Å². The van der Waals surface area contributed by atoms with Gasteiger partial charge in [-0.2, -0.15) is 0 Å². The van der Waals surface area contributed by atoms with Gasteiger partial charge in [0.1, 0.15) is 0 Å². The molecule has 14 heteroatoms. The topological polar surface area (TPSA) is 185 Å². The Labute approximate surface area is 174 Å². The van der Waals surface area contributed by atoms with Crippen molar-refractivity contribution in [2.45, 2.75) is 12.8 Å². The van der Waals surface area contributed by atoms with E-state index < -0.39 is 28.5 Å². The Morgan fingerprint density at radius 2 is 1.55 bits per heavy atom. The fraction of sp³-hybridized carbons (Fsp3) is 0.875. The molecular formula is C8H21N3Na2O7P2+2. The van der Waals surface area contributed by atoms with Gasteiger partial charge < -0.3 is 20.8 Å². The van der Waals surface area contributed by atoms with Crippen molar-refractivity contribution in [3.63, 3.8) is 0 Å². The van der Waals surface area contributed by atoms with Gasteiger partial charge in [-0.3, -0.25) is 4.79 Å². The first-order valence-corrected chi connectivity index (χ1v) is 9.41. The fourth-order valence-corrected chi connectivity index (χ4v) is 3.15. The Morgan fingerprint density at radius 1 is 1.09 bits per heavy atom. The molecule has 0 atom stereocenters. The van der Waals surface area contributed by atoms with Crippen molar-refractivity contribution in [3.05, 3.63) is 0 Å². The van der Waals surface area contributed by atoms with Crippen LogP contribution in [-0.2, 0) is 4.79 Å². The molecule has 0 spiro atoms. The zero-order chi connectivity index (χ0) is 15.8. The van der Waals surface area contributed by atoms with Gasteiger partial charge in [0.2, 0.25) is 21.8 Å². The molecule has 0 saturated carbocycles. The summed E-state index contributed by atoms with van der Waals surface area (Å²) in [5, 5.41) is 2.51. The van der Waals surface area contributed by atoms with Crippen LogP contribution in [0.5, 0.6) is 0 Å². The second-order valence-corrected chi connectivity index (χ2v) is 7.47. The maximum absolute atomic E-state index is 11.3. The SMILES string of the molecule is NCCNC(=O)CCCN(C[P+]([O-])(O)O)C[P+]([O-])(O)O.[Na+].[Na+]. The van der Waals surface area contributed by atoms with E-state index in [-0.39, 0.29) is 84.4 Å². The van der Waals surface area contributed by atoms with Crippen molar-refractivity contribution >= 4 is 21.8 Å². The normalized spacial score (nSPS) is 11.6. The Bertz CT molecular complexity index is 288. The van der Waals surface area contributed by atoms with Gasteiger partial charge in [0, 0.05) is 26.1 Å². The minimum atomic E-state index is -4.42. The van der Waals surface area contributed by atoms with Gasteiger partial charge in [0.05, 0.1) is 0 Å². The first-order chi connectivity index (χ1) is 9.03. The number of carbonyl (C=O) groups is 1. The van der Waals surface area contributed by atoms with E-state index in [1.54, 1.807) is 0 Å². The molecule has 0 unspecified atom stereocenters. The molecule has 0 aliphatic carbocycles. The fourth-order valence-electron chi connectivity index (χ4n) is 1.47. The third-order valence-electron chi connectivity index (χ3n) is 2.11. The van der Waals surface area contributed by atoms with Crippen LogP contribution in [0, 0.1) is 0 Å². The van der Waals surface area contributed by atoms with E-state index in [0.717, 1.165) is 4.90 Å². The third kappa shape index (κ3) is 20.1. The van der Waals surface area contributed by atoms with Crippen molar-refractivity contribution in [2.75, 3.05) is 32.2 Å². The molecule has 0 heterocycles. The summed E-state index contributed by atoms with van der Waals surface area (Å²) in [7, 11) is -8.85. The van der Waals surface area contributed by atoms with E-state index in [9.17, 15) is 14.6 Å². The van der Waals surface area contributed by atoms with Crippen molar-refractivity contribution in [2.24, 2.45) is 5.73 Å². The predicted molar refractivity (Wildman–Crippen MR) is 70.5 cm³/mol. The zero-order valence-electron chi connectivity index (χ0n) is 12.9. The predicted octanol–water partition coefficient (Wildman–Crippen LogP) is -9.72. The Balaban J connectivity index is -0.00000180. The summed E-state index contributed by atoms with van der Waals surface area (Å²) in [5.41, 5.74) is 5.20. The number of hydrogen-bond donors (Lipinski definition) is 6. The summed E-state index contributed by atoms with van der Waals surface area (Å²) in [6.45, 7) is 0.619. The number of carbonyl (C=O) groups excluding carboxylic acids is 1. The van der Waals surface area contributed by atoms with Gasteiger partial charge >= 0.3 is 59.1 Å². The van der Waals surface area contributed by atoms with Crippen LogP contribution in [-0.4, -0.2) is 62.6 Å². The number of amides is 1. The number of rotatable bonds is 10. The molecule has 1 amide bonds. The minimum absolute atomic E-state index is 0. The second-order valence-electron chi connectivity index (χ2n) is 4.25. The molecule has 0 aliphatic rings. The number of hydrogen-bond acceptors (Lipinski definition) is 9. The molecule has 22 heavy (non-hydrogen) atoms. The molecule has 0 rings (SSSR count). The van der Waals surface area contributed by atoms with Crippen LogP contribution in [0.4, 0.5) is 0 Å². The average Bonchev–Trinajstić information content (AvgIpc) is 2.21. The molecule has 120 valence electrons. The quantitative estimate of drug-likeness (QED) is 0.158. The largest absolute Gasteiger partial charge is 1.00 e.